The second kappa shape index (κ2) is 4.18. The third-order valence-electron chi connectivity index (χ3n) is 2.56. The highest BCUT2D eigenvalue weighted by Gasteiger charge is 2.30. The lowest BCUT2D eigenvalue weighted by molar-refractivity contribution is -0.138. The molecule has 2 rings (SSSR count). The Kier molecular flexibility index (Phi) is 2.90. The summed E-state index contributed by atoms with van der Waals surface area (Å²) in [6.45, 7) is 0.787. The van der Waals surface area contributed by atoms with Gasteiger partial charge in [0, 0.05) is 17.2 Å². The molecule has 0 aromatic carbocycles. The summed E-state index contributed by atoms with van der Waals surface area (Å²) in [6, 6.07) is 1.50. The molecule has 0 amide bonds. The maximum atomic E-state index is 11.0. The molecule has 0 spiro atoms. The van der Waals surface area contributed by atoms with E-state index in [2.05, 4.69) is 20.9 Å². The van der Waals surface area contributed by atoms with Crippen LogP contribution in [-0.2, 0) is 4.79 Å². The quantitative estimate of drug-likeness (QED) is 0.892. The van der Waals surface area contributed by atoms with Crippen molar-refractivity contribution in [2.24, 2.45) is 0 Å². The number of nitrogens with zero attached hydrogens (tertiary/aromatic N) is 2. The normalized spacial score (nSPS) is 20.6. The van der Waals surface area contributed by atoms with Gasteiger partial charge in [-0.1, -0.05) is 0 Å². The minimum atomic E-state index is -0.757. The topological polar surface area (TPSA) is 53.4 Å². The molecule has 0 radical (unpaired) electrons. The van der Waals surface area contributed by atoms with Crippen molar-refractivity contribution in [1.82, 2.24) is 4.98 Å². The largest absolute Gasteiger partial charge is 0.480 e. The number of halogens is 1. The maximum absolute atomic E-state index is 11.0. The smallest absolute Gasteiger partial charge is 0.326 e. The van der Waals surface area contributed by atoms with E-state index >= 15 is 0 Å². The molecule has 5 heteroatoms. The van der Waals surface area contributed by atoms with E-state index in [1.54, 1.807) is 12.4 Å². The predicted molar refractivity (Wildman–Crippen MR) is 59.9 cm³/mol. The highest BCUT2D eigenvalue weighted by molar-refractivity contribution is 9.10. The average molecular weight is 271 g/mol. The summed E-state index contributed by atoms with van der Waals surface area (Å²) in [4.78, 5) is 16.9. The highest BCUT2D eigenvalue weighted by atomic mass is 79.9. The van der Waals surface area contributed by atoms with Gasteiger partial charge in [0.25, 0.3) is 0 Å². The first-order valence-electron chi connectivity index (χ1n) is 4.78. The average Bonchev–Trinajstić information content (AvgIpc) is 2.65. The van der Waals surface area contributed by atoms with Gasteiger partial charge in [0.1, 0.15) is 6.04 Å². The molecule has 1 atom stereocenters. The summed E-state index contributed by atoms with van der Waals surface area (Å²) >= 11 is 3.33. The number of anilines is 1. The van der Waals surface area contributed by atoms with Crippen LogP contribution in [0.1, 0.15) is 12.8 Å². The number of hydrogen-bond donors (Lipinski definition) is 1. The zero-order valence-corrected chi connectivity index (χ0v) is 9.64. The zero-order valence-electron chi connectivity index (χ0n) is 8.06. The van der Waals surface area contributed by atoms with Crippen LogP contribution in [-0.4, -0.2) is 28.6 Å². The van der Waals surface area contributed by atoms with Crippen molar-refractivity contribution in [1.29, 1.82) is 0 Å². The van der Waals surface area contributed by atoms with Gasteiger partial charge in [0.2, 0.25) is 0 Å². The molecule has 1 N–H and O–H groups in total. The third-order valence-corrected chi connectivity index (χ3v) is 2.99. The highest BCUT2D eigenvalue weighted by Crippen LogP contribution is 2.26. The number of rotatable bonds is 2. The fraction of sp³-hybridized carbons (Fsp3) is 0.400. The number of pyridine rings is 1. The van der Waals surface area contributed by atoms with Crippen LogP contribution in [0.15, 0.2) is 22.9 Å². The Morgan fingerprint density at radius 2 is 2.40 bits per heavy atom. The predicted octanol–water partition coefficient (Wildman–Crippen LogP) is 1.90. The van der Waals surface area contributed by atoms with E-state index in [1.807, 2.05) is 11.0 Å². The molecule has 1 aliphatic rings. The van der Waals surface area contributed by atoms with Crippen LogP contribution in [0.2, 0.25) is 0 Å². The summed E-state index contributed by atoms with van der Waals surface area (Å²) in [5.74, 6) is -0.757. The number of carbonyl (C=O) groups is 1. The molecule has 2 heterocycles. The third kappa shape index (κ3) is 2.12. The van der Waals surface area contributed by atoms with Gasteiger partial charge in [0.05, 0.1) is 11.9 Å². The minimum absolute atomic E-state index is 0.402. The van der Waals surface area contributed by atoms with E-state index in [9.17, 15) is 4.79 Å². The van der Waals surface area contributed by atoms with Gasteiger partial charge >= 0.3 is 5.97 Å². The number of hydrogen-bond acceptors (Lipinski definition) is 3. The number of aliphatic carboxylic acids is 1. The van der Waals surface area contributed by atoms with Crippen molar-refractivity contribution in [2.75, 3.05) is 11.4 Å². The van der Waals surface area contributed by atoms with Crippen LogP contribution in [0.3, 0.4) is 0 Å². The van der Waals surface area contributed by atoms with Crippen LogP contribution in [0.5, 0.6) is 0 Å². The monoisotopic (exact) mass is 270 g/mol. The molecule has 0 unspecified atom stereocenters. The van der Waals surface area contributed by atoms with E-state index in [0.717, 1.165) is 23.1 Å². The Morgan fingerprint density at radius 1 is 1.60 bits per heavy atom. The van der Waals surface area contributed by atoms with Crippen LogP contribution >= 0.6 is 15.9 Å². The van der Waals surface area contributed by atoms with Gasteiger partial charge in [-0.25, -0.2) is 4.79 Å². The Morgan fingerprint density at radius 3 is 3.07 bits per heavy atom. The second-order valence-electron chi connectivity index (χ2n) is 3.55. The fourth-order valence-corrected chi connectivity index (χ4v) is 2.24. The lowest BCUT2D eigenvalue weighted by atomic mass is 10.2. The summed E-state index contributed by atoms with van der Waals surface area (Å²) in [5.41, 5.74) is 0.870. The summed E-state index contributed by atoms with van der Waals surface area (Å²) in [5, 5.41) is 9.04. The van der Waals surface area contributed by atoms with E-state index in [4.69, 9.17) is 5.11 Å². The second-order valence-corrected chi connectivity index (χ2v) is 4.47. The first kappa shape index (κ1) is 10.4. The van der Waals surface area contributed by atoms with E-state index in [1.165, 1.54) is 0 Å². The first-order valence-corrected chi connectivity index (χ1v) is 5.58. The van der Waals surface area contributed by atoms with E-state index in [-0.39, 0.29) is 0 Å². The van der Waals surface area contributed by atoms with Crippen LogP contribution in [0, 0.1) is 0 Å². The van der Waals surface area contributed by atoms with Crippen LogP contribution in [0.25, 0.3) is 0 Å². The van der Waals surface area contributed by atoms with Gasteiger partial charge in [-0.3, -0.25) is 4.98 Å². The zero-order chi connectivity index (χ0) is 10.8. The van der Waals surface area contributed by atoms with Crippen molar-refractivity contribution >= 4 is 27.6 Å². The Bertz CT molecular complexity index is 383. The molecule has 1 saturated heterocycles. The molecule has 1 fully saturated rings. The molecule has 1 aromatic heterocycles. The lowest BCUT2D eigenvalue weighted by Gasteiger charge is -2.23. The molecule has 80 valence electrons. The molecule has 1 aliphatic heterocycles. The van der Waals surface area contributed by atoms with Crippen molar-refractivity contribution in [3.63, 3.8) is 0 Å². The molecule has 1 aromatic rings. The number of carboxylic acid groups (broad SMARTS) is 1. The Hall–Kier alpha value is -1.10. The Balaban J connectivity index is 2.26. The van der Waals surface area contributed by atoms with Crippen LogP contribution in [0.4, 0.5) is 5.69 Å². The van der Waals surface area contributed by atoms with E-state index < -0.39 is 12.0 Å². The molecule has 0 aliphatic carbocycles. The fourth-order valence-electron chi connectivity index (χ4n) is 1.89. The van der Waals surface area contributed by atoms with Crippen molar-refractivity contribution in [2.45, 2.75) is 18.9 Å². The van der Waals surface area contributed by atoms with Crippen LogP contribution < -0.4 is 4.90 Å². The molecular weight excluding hydrogens is 260 g/mol. The maximum Gasteiger partial charge on any atom is 0.326 e. The van der Waals surface area contributed by atoms with Gasteiger partial charge in [0.15, 0.2) is 0 Å². The minimum Gasteiger partial charge on any atom is -0.480 e. The molecule has 15 heavy (non-hydrogen) atoms. The molecule has 0 bridgehead atoms. The van der Waals surface area contributed by atoms with E-state index in [0.29, 0.717) is 6.42 Å². The van der Waals surface area contributed by atoms with Gasteiger partial charge < -0.3 is 10.0 Å². The van der Waals surface area contributed by atoms with Crippen molar-refractivity contribution < 1.29 is 9.90 Å². The van der Waals surface area contributed by atoms with Crippen molar-refractivity contribution in [3.8, 4) is 0 Å². The summed E-state index contributed by atoms with van der Waals surface area (Å²) in [7, 11) is 0. The lowest BCUT2D eigenvalue weighted by Crippen LogP contribution is -2.35. The molecular formula is C10H11BrN2O2. The van der Waals surface area contributed by atoms with Crippen molar-refractivity contribution in [3.05, 3.63) is 22.9 Å². The Labute approximate surface area is 96.1 Å². The van der Waals surface area contributed by atoms with Gasteiger partial charge in [-0.05, 0) is 34.8 Å². The standard InChI is InChI=1S/C10H11BrN2O2/c11-7-4-8(6-12-5-7)13-3-1-2-9(13)10(14)15/h4-6,9H,1-3H2,(H,14,15)/t9-/m0/s1. The van der Waals surface area contributed by atoms with Gasteiger partial charge in [-0.2, -0.15) is 0 Å². The summed E-state index contributed by atoms with van der Waals surface area (Å²) in [6.07, 6.45) is 5.02. The SMILES string of the molecule is O=C(O)[C@@H]1CCCN1c1cncc(Br)c1. The molecule has 4 nitrogen and oxygen atoms in total. The number of aromatic nitrogens is 1. The van der Waals surface area contributed by atoms with Gasteiger partial charge in [-0.15, -0.1) is 0 Å². The molecule has 0 saturated carbocycles. The summed E-state index contributed by atoms with van der Waals surface area (Å²) < 4.78 is 0.871. The number of carboxylic acids is 1. The first-order chi connectivity index (χ1) is 7.18.